The highest BCUT2D eigenvalue weighted by molar-refractivity contribution is 5.95. The molecule has 0 radical (unpaired) electrons. The predicted molar refractivity (Wildman–Crippen MR) is 101 cm³/mol. The summed E-state index contributed by atoms with van der Waals surface area (Å²) >= 11 is 0. The molecule has 0 saturated heterocycles. The Morgan fingerprint density at radius 3 is 2.25 bits per heavy atom. The molecule has 0 bridgehead atoms. The Kier molecular flexibility index (Phi) is 6.83. The van der Waals surface area contributed by atoms with E-state index in [-0.39, 0.29) is 24.2 Å². The molecule has 1 amide bonds. The number of hydrogen-bond donors (Lipinski definition) is 1. The fraction of sp³-hybridized carbons (Fsp3) is 0.350. The van der Waals surface area contributed by atoms with Crippen LogP contribution in [0.15, 0.2) is 60.7 Å². The van der Waals surface area contributed by atoms with Gasteiger partial charge in [-0.15, -0.1) is 12.4 Å². The second kappa shape index (κ2) is 8.86. The van der Waals surface area contributed by atoms with Crippen LogP contribution < -0.4 is 10.6 Å². The van der Waals surface area contributed by atoms with Crippen molar-refractivity contribution >= 4 is 24.0 Å². The minimum absolute atomic E-state index is 0. The normalized spacial score (nSPS) is 19.5. The smallest absolute Gasteiger partial charge is 0.230 e. The second-order valence-corrected chi connectivity index (χ2v) is 6.28. The molecule has 3 rings (SSSR count). The number of benzene rings is 2. The summed E-state index contributed by atoms with van der Waals surface area (Å²) < 4.78 is 0. The van der Waals surface area contributed by atoms with Gasteiger partial charge in [0.15, 0.2) is 0 Å². The van der Waals surface area contributed by atoms with Crippen LogP contribution in [0, 0.1) is 11.8 Å². The van der Waals surface area contributed by atoms with E-state index in [2.05, 4.69) is 12.1 Å². The van der Waals surface area contributed by atoms with Gasteiger partial charge in [-0.1, -0.05) is 55.0 Å². The Balaban J connectivity index is 0.00000208. The topological polar surface area (TPSA) is 46.3 Å². The van der Waals surface area contributed by atoms with Gasteiger partial charge < -0.3 is 10.6 Å². The van der Waals surface area contributed by atoms with Crippen LogP contribution in [0.1, 0.15) is 24.8 Å². The molecule has 0 unspecified atom stereocenters. The van der Waals surface area contributed by atoms with E-state index >= 15 is 0 Å². The first-order valence-electron chi connectivity index (χ1n) is 8.40. The third-order valence-electron chi connectivity index (χ3n) is 4.80. The lowest BCUT2D eigenvalue weighted by atomic mass is 9.94. The highest BCUT2D eigenvalue weighted by Crippen LogP contribution is 2.34. The van der Waals surface area contributed by atoms with Crippen molar-refractivity contribution in [1.29, 1.82) is 0 Å². The Labute approximate surface area is 150 Å². The molecular formula is C20H25ClN2O. The summed E-state index contributed by atoms with van der Waals surface area (Å²) in [6.45, 7) is 1.21. The van der Waals surface area contributed by atoms with Crippen molar-refractivity contribution in [2.45, 2.75) is 25.8 Å². The fourth-order valence-corrected chi connectivity index (χ4v) is 3.51. The van der Waals surface area contributed by atoms with Gasteiger partial charge in [-0.3, -0.25) is 4.79 Å². The standard InChI is InChI=1S/C20H24N2O.ClH/c21-14-17-10-7-13-19(17)20(23)22(18-11-5-2-6-12-18)15-16-8-3-1-4-9-16;/h1-6,8-9,11-12,17,19H,7,10,13-15,21H2;1H/t17-,19-;/m1./s1. The van der Waals surface area contributed by atoms with E-state index in [0.717, 1.165) is 30.5 Å². The number of nitrogens with two attached hydrogens (primary N) is 1. The zero-order valence-electron chi connectivity index (χ0n) is 13.8. The molecule has 2 aromatic carbocycles. The summed E-state index contributed by atoms with van der Waals surface area (Å²) in [5, 5.41) is 0. The number of rotatable bonds is 5. The van der Waals surface area contributed by atoms with E-state index in [1.807, 2.05) is 53.4 Å². The molecule has 0 aromatic heterocycles. The maximum Gasteiger partial charge on any atom is 0.230 e. The van der Waals surface area contributed by atoms with E-state index in [4.69, 9.17) is 5.73 Å². The van der Waals surface area contributed by atoms with Crippen LogP contribution >= 0.6 is 12.4 Å². The van der Waals surface area contributed by atoms with Gasteiger partial charge in [0.1, 0.15) is 0 Å². The van der Waals surface area contributed by atoms with Crippen molar-refractivity contribution in [3.05, 3.63) is 66.2 Å². The van der Waals surface area contributed by atoms with E-state index < -0.39 is 0 Å². The van der Waals surface area contributed by atoms with Crippen LogP contribution in [0.4, 0.5) is 5.69 Å². The van der Waals surface area contributed by atoms with Crippen molar-refractivity contribution in [3.8, 4) is 0 Å². The number of hydrogen-bond acceptors (Lipinski definition) is 2. The van der Waals surface area contributed by atoms with Gasteiger partial charge in [0.25, 0.3) is 0 Å². The maximum atomic E-state index is 13.2. The SMILES string of the molecule is Cl.NC[C@H]1CCC[C@H]1C(=O)N(Cc1ccccc1)c1ccccc1. The highest BCUT2D eigenvalue weighted by Gasteiger charge is 2.35. The molecule has 4 heteroatoms. The van der Waals surface area contributed by atoms with Gasteiger partial charge in [0, 0.05) is 11.6 Å². The molecule has 1 aliphatic carbocycles. The summed E-state index contributed by atoms with van der Waals surface area (Å²) in [5.74, 6) is 0.599. The predicted octanol–water partition coefficient (Wildman–Crippen LogP) is 4.02. The van der Waals surface area contributed by atoms with Gasteiger partial charge in [-0.2, -0.15) is 0 Å². The van der Waals surface area contributed by atoms with Crippen LogP contribution in [0.3, 0.4) is 0 Å². The van der Waals surface area contributed by atoms with Crippen molar-refractivity contribution in [1.82, 2.24) is 0 Å². The van der Waals surface area contributed by atoms with E-state index in [9.17, 15) is 4.79 Å². The fourth-order valence-electron chi connectivity index (χ4n) is 3.51. The molecule has 2 aromatic rings. The van der Waals surface area contributed by atoms with Gasteiger partial charge in [0.2, 0.25) is 5.91 Å². The Morgan fingerprint density at radius 1 is 1.00 bits per heavy atom. The summed E-state index contributed by atoms with van der Waals surface area (Å²) in [7, 11) is 0. The molecule has 128 valence electrons. The average Bonchev–Trinajstić information content (AvgIpc) is 3.09. The van der Waals surface area contributed by atoms with E-state index in [1.54, 1.807) is 0 Å². The lowest BCUT2D eigenvalue weighted by molar-refractivity contribution is -0.123. The van der Waals surface area contributed by atoms with Gasteiger partial charge in [-0.05, 0) is 43.0 Å². The third-order valence-corrected chi connectivity index (χ3v) is 4.80. The molecule has 24 heavy (non-hydrogen) atoms. The van der Waals surface area contributed by atoms with Crippen LogP contribution in [-0.2, 0) is 11.3 Å². The van der Waals surface area contributed by atoms with Gasteiger partial charge in [-0.25, -0.2) is 0 Å². The largest absolute Gasteiger partial charge is 0.330 e. The third kappa shape index (κ3) is 4.16. The molecule has 2 atom stereocenters. The number of anilines is 1. The summed E-state index contributed by atoms with van der Waals surface area (Å²) in [4.78, 5) is 15.1. The molecule has 3 nitrogen and oxygen atoms in total. The van der Waals surface area contributed by atoms with Crippen molar-refractivity contribution in [2.24, 2.45) is 17.6 Å². The lowest BCUT2D eigenvalue weighted by Gasteiger charge is -2.28. The highest BCUT2D eigenvalue weighted by atomic mass is 35.5. The van der Waals surface area contributed by atoms with Crippen molar-refractivity contribution in [2.75, 3.05) is 11.4 Å². The molecule has 0 aliphatic heterocycles. The van der Waals surface area contributed by atoms with Crippen molar-refractivity contribution < 1.29 is 4.79 Å². The average molecular weight is 345 g/mol. The van der Waals surface area contributed by atoms with Crippen LogP contribution in [-0.4, -0.2) is 12.5 Å². The number of para-hydroxylation sites is 1. The number of carbonyl (C=O) groups excluding carboxylic acids is 1. The Morgan fingerprint density at radius 2 is 1.62 bits per heavy atom. The Hall–Kier alpha value is -1.84. The zero-order valence-corrected chi connectivity index (χ0v) is 14.6. The number of carbonyl (C=O) groups is 1. The Bertz CT molecular complexity index is 633. The molecule has 0 spiro atoms. The monoisotopic (exact) mass is 344 g/mol. The van der Waals surface area contributed by atoms with Gasteiger partial charge >= 0.3 is 0 Å². The quantitative estimate of drug-likeness (QED) is 0.890. The first kappa shape index (κ1) is 18.5. The molecule has 1 saturated carbocycles. The van der Waals surface area contributed by atoms with Crippen molar-refractivity contribution in [3.63, 3.8) is 0 Å². The molecule has 2 N–H and O–H groups in total. The minimum Gasteiger partial charge on any atom is -0.330 e. The molecular weight excluding hydrogens is 320 g/mol. The first-order valence-corrected chi connectivity index (χ1v) is 8.40. The van der Waals surface area contributed by atoms with Crippen LogP contribution in [0.5, 0.6) is 0 Å². The summed E-state index contributed by atoms with van der Waals surface area (Å²) in [6.07, 6.45) is 3.13. The number of nitrogens with zero attached hydrogens (tertiary/aromatic N) is 1. The first-order chi connectivity index (χ1) is 11.3. The molecule has 1 fully saturated rings. The number of halogens is 1. The molecule has 1 aliphatic rings. The van der Waals surface area contributed by atoms with Crippen LogP contribution in [0.25, 0.3) is 0 Å². The lowest BCUT2D eigenvalue weighted by Crippen LogP contribution is -2.38. The number of amides is 1. The summed E-state index contributed by atoms with van der Waals surface area (Å²) in [6, 6.07) is 20.1. The van der Waals surface area contributed by atoms with Gasteiger partial charge in [0.05, 0.1) is 6.54 Å². The summed E-state index contributed by atoms with van der Waals surface area (Å²) in [5.41, 5.74) is 7.99. The maximum absolute atomic E-state index is 13.2. The van der Waals surface area contributed by atoms with Crippen LogP contribution in [0.2, 0.25) is 0 Å². The van der Waals surface area contributed by atoms with E-state index in [1.165, 1.54) is 0 Å². The zero-order chi connectivity index (χ0) is 16.1. The second-order valence-electron chi connectivity index (χ2n) is 6.28. The molecule has 0 heterocycles. The minimum atomic E-state index is 0. The van der Waals surface area contributed by atoms with E-state index in [0.29, 0.717) is 19.0 Å².